The van der Waals surface area contributed by atoms with E-state index in [9.17, 15) is 0 Å². The van der Waals surface area contributed by atoms with Crippen molar-refractivity contribution in [3.8, 4) is 5.75 Å². The quantitative estimate of drug-likeness (QED) is 0.686. The van der Waals surface area contributed by atoms with Crippen LogP contribution in [0.15, 0.2) is 24.3 Å². The number of benzene rings is 1. The fourth-order valence-electron chi connectivity index (χ4n) is 1.80. The van der Waals surface area contributed by atoms with Gasteiger partial charge in [-0.1, -0.05) is 41.1 Å². The lowest BCUT2D eigenvalue weighted by Crippen LogP contribution is -2.24. The van der Waals surface area contributed by atoms with E-state index in [2.05, 4.69) is 41.1 Å². The molecule has 2 atom stereocenters. The minimum absolute atomic E-state index is 0.602. The second-order valence-corrected chi connectivity index (χ2v) is 4.23. The van der Waals surface area contributed by atoms with E-state index in [1.54, 1.807) is 0 Å². The predicted octanol–water partition coefficient (Wildman–Crippen LogP) is 3.19. The first kappa shape index (κ1) is 9.07. The predicted molar refractivity (Wildman–Crippen MR) is 57.6 cm³/mol. The Morgan fingerprint density at radius 3 is 3.00 bits per heavy atom. The standard InChI is InChI=1S/C11H13BrO/c1-8-7-13-11-5-3-2-4-9(11)10(8)6-12/h2-5,8,10H,6-7H2,1H3. The summed E-state index contributed by atoms with van der Waals surface area (Å²) in [5, 5.41) is 1.02. The van der Waals surface area contributed by atoms with Crippen LogP contribution in [0.2, 0.25) is 0 Å². The van der Waals surface area contributed by atoms with Gasteiger partial charge in [-0.2, -0.15) is 0 Å². The zero-order valence-electron chi connectivity index (χ0n) is 7.66. The maximum Gasteiger partial charge on any atom is 0.122 e. The van der Waals surface area contributed by atoms with Crippen LogP contribution in [0.5, 0.6) is 5.75 Å². The van der Waals surface area contributed by atoms with Gasteiger partial charge in [0, 0.05) is 11.2 Å². The van der Waals surface area contributed by atoms with Gasteiger partial charge >= 0.3 is 0 Å². The summed E-state index contributed by atoms with van der Waals surface area (Å²) in [6, 6.07) is 8.32. The molecule has 0 amide bonds. The maximum absolute atomic E-state index is 5.65. The highest BCUT2D eigenvalue weighted by atomic mass is 79.9. The molecule has 0 aromatic heterocycles. The lowest BCUT2D eigenvalue weighted by Gasteiger charge is -2.30. The number of halogens is 1. The molecule has 13 heavy (non-hydrogen) atoms. The van der Waals surface area contributed by atoms with Gasteiger partial charge in [-0.15, -0.1) is 0 Å². The van der Waals surface area contributed by atoms with Crippen LogP contribution >= 0.6 is 15.9 Å². The Morgan fingerprint density at radius 1 is 1.46 bits per heavy atom. The smallest absolute Gasteiger partial charge is 0.122 e. The fourth-order valence-corrected chi connectivity index (χ4v) is 2.78. The topological polar surface area (TPSA) is 9.23 Å². The van der Waals surface area contributed by atoms with Crippen LogP contribution in [0.1, 0.15) is 18.4 Å². The normalized spacial score (nSPS) is 26.3. The first-order chi connectivity index (χ1) is 6.33. The molecule has 2 rings (SSSR count). The van der Waals surface area contributed by atoms with Crippen molar-refractivity contribution < 1.29 is 4.74 Å². The lowest BCUT2D eigenvalue weighted by molar-refractivity contribution is 0.213. The Morgan fingerprint density at radius 2 is 2.23 bits per heavy atom. The van der Waals surface area contributed by atoms with Gasteiger partial charge in [0.05, 0.1) is 6.61 Å². The van der Waals surface area contributed by atoms with Crippen molar-refractivity contribution in [1.82, 2.24) is 0 Å². The van der Waals surface area contributed by atoms with Gasteiger partial charge in [0.25, 0.3) is 0 Å². The van der Waals surface area contributed by atoms with E-state index in [4.69, 9.17) is 4.74 Å². The van der Waals surface area contributed by atoms with Crippen molar-refractivity contribution in [2.45, 2.75) is 12.8 Å². The number of hydrogen-bond donors (Lipinski definition) is 0. The summed E-state index contributed by atoms with van der Waals surface area (Å²) in [5.41, 5.74) is 1.35. The number of fused-ring (bicyclic) bond motifs is 1. The molecule has 1 nitrogen and oxygen atoms in total. The van der Waals surface area contributed by atoms with Crippen molar-refractivity contribution in [3.63, 3.8) is 0 Å². The molecule has 1 aromatic rings. The van der Waals surface area contributed by atoms with Crippen LogP contribution in [-0.2, 0) is 0 Å². The van der Waals surface area contributed by atoms with Crippen molar-refractivity contribution in [3.05, 3.63) is 29.8 Å². The molecule has 70 valence electrons. The summed E-state index contributed by atoms with van der Waals surface area (Å²) in [6.45, 7) is 3.08. The van der Waals surface area contributed by atoms with Gasteiger partial charge in [-0.3, -0.25) is 0 Å². The average molecular weight is 241 g/mol. The van der Waals surface area contributed by atoms with Crippen LogP contribution in [0.3, 0.4) is 0 Å². The zero-order valence-corrected chi connectivity index (χ0v) is 9.25. The van der Waals surface area contributed by atoms with Crippen LogP contribution in [0, 0.1) is 5.92 Å². The SMILES string of the molecule is CC1COc2ccccc2C1CBr. The molecule has 1 aliphatic heterocycles. The van der Waals surface area contributed by atoms with Gasteiger partial charge in [0.2, 0.25) is 0 Å². The summed E-state index contributed by atoms with van der Waals surface area (Å²) < 4.78 is 5.65. The van der Waals surface area contributed by atoms with E-state index >= 15 is 0 Å². The maximum atomic E-state index is 5.65. The molecule has 0 fully saturated rings. The molecule has 1 heterocycles. The highest BCUT2D eigenvalue weighted by Gasteiger charge is 2.26. The van der Waals surface area contributed by atoms with Crippen molar-refractivity contribution in [1.29, 1.82) is 0 Å². The molecule has 1 aliphatic rings. The molecule has 0 radical (unpaired) electrons. The molecule has 0 N–H and O–H groups in total. The second-order valence-electron chi connectivity index (χ2n) is 3.59. The Hall–Kier alpha value is -0.500. The number of alkyl halides is 1. The molecule has 2 unspecified atom stereocenters. The van der Waals surface area contributed by atoms with Gasteiger partial charge in [0.1, 0.15) is 5.75 Å². The van der Waals surface area contributed by atoms with Gasteiger partial charge in [-0.05, 0) is 17.5 Å². The van der Waals surface area contributed by atoms with Crippen LogP contribution in [0.4, 0.5) is 0 Å². The number of rotatable bonds is 1. The monoisotopic (exact) mass is 240 g/mol. The molecule has 1 aromatic carbocycles. The Labute approximate surface area is 87.2 Å². The van der Waals surface area contributed by atoms with Crippen molar-refractivity contribution in [2.24, 2.45) is 5.92 Å². The molecule has 0 spiro atoms. The van der Waals surface area contributed by atoms with Gasteiger partial charge in [0.15, 0.2) is 0 Å². The van der Waals surface area contributed by atoms with Crippen LogP contribution < -0.4 is 4.74 Å². The highest BCUT2D eigenvalue weighted by Crippen LogP contribution is 2.37. The van der Waals surface area contributed by atoms with Crippen LogP contribution in [-0.4, -0.2) is 11.9 Å². The number of ether oxygens (including phenoxy) is 1. The zero-order chi connectivity index (χ0) is 9.26. The summed E-state index contributed by atoms with van der Waals surface area (Å²) in [4.78, 5) is 0. The van der Waals surface area contributed by atoms with E-state index < -0.39 is 0 Å². The van der Waals surface area contributed by atoms with Gasteiger partial charge in [-0.25, -0.2) is 0 Å². The third-order valence-corrected chi connectivity index (χ3v) is 3.37. The third kappa shape index (κ3) is 1.60. The largest absolute Gasteiger partial charge is 0.493 e. The van der Waals surface area contributed by atoms with Crippen molar-refractivity contribution >= 4 is 15.9 Å². The van der Waals surface area contributed by atoms with Crippen molar-refractivity contribution in [2.75, 3.05) is 11.9 Å². The summed E-state index contributed by atoms with van der Waals surface area (Å²) in [7, 11) is 0. The fraction of sp³-hybridized carbons (Fsp3) is 0.455. The summed E-state index contributed by atoms with van der Waals surface area (Å²) >= 11 is 3.57. The molecular weight excluding hydrogens is 228 g/mol. The lowest BCUT2D eigenvalue weighted by atomic mass is 9.87. The van der Waals surface area contributed by atoms with E-state index in [0.29, 0.717) is 11.8 Å². The Bertz CT molecular complexity index is 298. The van der Waals surface area contributed by atoms with E-state index in [1.807, 2.05) is 6.07 Å². The third-order valence-electron chi connectivity index (χ3n) is 2.67. The highest BCUT2D eigenvalue weighted by molar-refractivity contribution is 9.09. The first-order valence-electron chi connectivity index (χ1n) is 4.60. The average Bonchev–Trinajstić information content (AvgIpc) is 2.18. The molecule has 0 aliphatic carbocycles. The summed E-state index contributed by atoms with van der Waals surface area (Å²) in [6.07, 6.45) is 0. The number of para-hydroxylation sites is 1. The van der Waals surface area contributed by atoms with Gasteiger partial charge < -0.3 is 4.74 Å². The molecule has 0 saturated carbocycles. The minimum Gasteiger partial charge on any atom is -0.493 e. The Balaban J connectivity index is 2.39. The van der Waals surface area contributed by atoms with E-state index in [1.165, 1.54) is 5.56 Å². The molecule has 0 saturated heterocycles. The summed E-state index contributed by atoms with van der Waals surface area (Å²) in [5.74, 6) is 2.27. The minimum atomic E-state index is 0.602. The Kier molecular flexibility index (Phi) is 2.58. The second kappa shape index (κ2) is 3.70. The number of hydrogen-bond acceptors (Lipinski definition) is 1. The van der Waals surface area contributed by atoms with E-state index in [0.717, 1.165) is 17.7 Å². The molecule has 0 bridgehead atoms. The first-order valence-corrected chi connectivity index (χ1v) is 5.72. The van der Waals surface area contributed by atoms with Crippen LogP contribution in [0.25, 0.3) is 0 Å². The molecule has 2 heteroatoms. The van der Waals surface area contributed by atoms with E-state index in [-0.39, 0.29) is 0 Å². The molecular formula is C11H13BrO.